The van der Waals surface area contributed by atoms with Crippen molar-refractivity contribution < 1.29 is 36.8 Å². The Bertz CT molecular complexity index is 1760. The maximum atomic E-state index is 14.3. The summed E-state index contributed by atoms with van der Waals surface area (Å²) in [6.45, 7) is 1.47. The van der Waals surface area contributed by atoms with E-state index in [2.05, 4.69) is 20.4 Å². The second kappa shape index (κ2) is 13.2. The number of amides is 3. The lowest BCUT2D eigenvalue weighted by molar-refractivity contribution is -0.144. The van der Waals surface area contributed by atoms with Gasteiger partial charge in [-0.3, -0.25) is 19.3 Å². The molecule has 11 nitrogen and oxygen atoms in total. The zero-order chi connectivity index (χ0) is 33.0. The summed E-state index contributed by atoms with van der Waals surface area (Å²) in [7, 11) is 1.46. The minimum Gasteiger partial charge on any atom is -0.495 e. The number of ether oxygens (including phenoxy) is 1. The topological polar surface area (TPSA) is 153 Å². The fourth-order valence-corrected chi connectivity index (χ4v) is 5.32. The van der Waals surface area contributed by atoms with Crippen LogP contribution in [0.4, 0.5) is 24.7 Å². The summed E-state index contributed by atoms with van der Waals surface area (Å²) in [6.07, 6.45) is -6.04. The zero-order valence-electron chi connectivity index (χ0n) is 24.7. The van der Waals surface area contributed by atoms with E-state index in [0.29, 0.717) is 28.3 Å². The van der Waals surface area contributed by atoms with E-state index in [1.807, 2.05) is 0 Å². The number of halogens is 3. The standard InChI is InChI=1S/C32H29F3N6O5/c1-18-23(17-46-40-18)26(28(36)42)22(14-15-32(33,34)35)30(43)39-29-31(44)41(25-13-12-20(45-2)16-37-25)24-11-7-6-10-21(24)27(38-29)19-8-4-3-5-9-19/h3-13,16-17,22,26,29H,14-15H2,1-2H3,(H2,36,42)(H,39,43)/t22?,26?,29-/m1/s1. The molecule has 46 heavy (non-hydrogen) atoms. The minimum atomic E-state index is -4.65. The highest BCUT2D eigenvalue weighted by Crippen LogP contribution is 2.36. The summed E-state index contributed by atoms with van der Waals surface area (Å²) in [5.41, 5.74) is 7.75. The minimum absolute atomic E-state index is 0.0620. The van der Waals surface area contributed by atoms with Crippen LogP contribution in [0.1, 0.15) is 41.1 Å². The number of carbonyl (C=O) groups is 3. The molecule has 1 aliphatic heterocycles. The van der Waals surface area contributed by atoms with Crippen LogP contribution in [-0.4, -0.2) is 53.0 Å². The van der Waals surface area contributed by atoms with E-state index in [9.17, 15) is 27.6 Å². The molecule has 0 saturated carbocycles. The van der Waals surface area contributed by atoms with Crippen LogP contribution in [-0.2, 0) is 14.4 Å². The summed E-state index contributed by atoms with van der Waals surface area (Å²) >= 11 is 0. The van der Waals surface area contributed by atoms with Crippen LogP contribution < -0.4 is 20.7 Å². The number of nitrogens with two attached hydrogens (primary N) is 1. The van der Waals surface area contributed by atoms with Crippen LogP contribution >= 0.6 is 0 Å². The first-order valence-electron chi connectivity index (χ1n) is 14.1. The molecular formula is C32H29F3N6O5. The van der Waals surface area contributed by atoms with E-state index in [4.69, 9.17) is 15.0 Å². The second-order valence-corrected chi connectivity index (χ2v) is 10.5. The summed E-state index contributed by atoms with van der Waals surface area (Å²) in [5, 5.41) is 6.22. The SMILES string of the molecule is COc1ccc(N2C(=O)[C@@H](NC(=O)C(CCC(F)(F)F)C(C(N)=O)c3conc3C)N=C(c3ccccc3)c3ccccc32)nc1. The van der Waals surface area contributed by atoms with Crippen molar-refractivity contribution in [3.8, 4) is 5.75 Å². The van der Waals surface area contributed by atoms with Gasteiger partial charge in [-0.2, -0.15) is 13.2 Å². The maximum absolute atomic E-state index is 14.3. The number of nitrogens with zero attached hydrogens (tertiary/aromatic N) is 4. The molecule has 2 aromatic carbocycles. The summed E-state index contributed by atoms with van der Waals surface area (Å²) in [6, 6.07) is 18.9. The molecule has 0 spiro atoms. The molecule has 4 aromatic rings. The molecule has 3 heterocycles. The fourth-order valence-electron chi connectivity index (χ4n) is 5.32. The summed E-state index contributed by atoms with van der Waals surface area (Å²) in [4.78, 5) is 51.3. The van der Waals surface area contributed by atoms with Crippen LogP contribution in [0.2, 0.25) is 0 Å². The van der Waals surface area contributed by atoms with Crippen molar-refractivity contribution in [1.82, 2.24) is 15.5 Å². The van der Waals surface area contributed by atoms with Crippen LogP contribution in [0, 0.1) is 12.8 Å². The number of hydrogen-bond acceptors (Lipinski definition) is 8. The third-order valence-electron chi connectivity index (χ3n) is 7.53. The van der Waals surface area contributed by atoms with Gasteiger partial charge in [-0.25, -0.2) is 9.98 Å². The van der Waals surface area contributed by atoms with E-state index in [0.717, 1.165) is 6.26 Å². The van der Waals surface area contributed by atoms with Gasteiger partial charge >= 0.3 is 6.18 Å². The smallest absolute Gasteiger partial charge is 0.389 e. The quantitative estimate of drug-likeness (QED) is 0.259. The van der Waals surface area contributed by atoms with E-state index in [1.54, 1.807) is 66.7 Å². The lowest BCUT2D eigenvalue weighted by atomic mass is 9.82. The molecule has 0 radical (unpaired) electrons. The number of methoxy groups -OCH3 is 1. The van der Waals surface area contributed by atoms with Crippen molar-refractivity contribution in [2.45, 2.75) is 38.0 Å². The number of benzodiazepines with no additional fused rings is 1. The molecule has 0 fully saturated rings. The van der Waals surface area contributed by atoms with Crippen LogP contribution in [0.3, 0.4) is 0 Å². The summed E-state index contributed by atoms with van der Waals surface area (Å²) in [5.74, 6) is -5.45. The molecule has 2 unspecified atom stereocenters. The Morgan fingerprint density at radius 3 is 2.41 bits per heavy atom. The number of rotatable bonds is 10. The summed E-state index contributed by atoms with van der Waals surface area (Å²) < 4.78 is 50.4. The average Bonchev–Trinajstić information content (AvgIpc) is 3.41. The van der Waals surface area contributed by atoms with Gasteiger partial charge in [-0.1, -0.05) is 53.7 Å². The number of aryl methyl sites for hydroxylation is 1. The number of benzene rings is 2. The first kappa shape index (κ1) is 31.9. The molecule has 3 amide bonds. The molecule has 3 atom stereocenters. The predicted molar refractivity (Wildman–Crippen MR) is 160 cm³/mol. The molecule has 1 aliphatic rings. The number of carbonyl (C=O) groups excluding carboxylic acids is 3. The predicted octanol–water partition coefficient (Wildman–Crippen LogP) is 4.57. The van der Waals surface area contributed by atoms with E-state index in [1.165, 1.54) is 25.1 Å². The van der Waals surface area contributed by atoms with E-state index >= 15 is 0 Å². The number of anilines is 2. The Hall–Kier alpha value is -5.53. The Balaban J connectivity index is 1.62. The first-order chi connectivity index (χ1) is 22.0. The van der Waals surface area contributed by atoms with Gasteiger partial charge < -0.3 is 20.3 Å². The number of pyridine rings is 1. The monoisotopic (exact) mass is 634 g/mol. The van der Waals surface area contributed by atoms with Crippen LogP contribution in [0.25, 0.3) is 0 Å². The van der Waals surface area contributed by atoms with Gasteiger partial charge in [0.05, 0.1) is 42.2 Å². The van der Waals surface area contributed by atoms with Crippen molar-refractivity contribution >= 4 is 34.9 Å². The van der Waals surface area contributed by atoms with Gasteiger partial charge in [0.1, 0.15) is 17.8 Å². The Labute approximate surface area is 261 Å². The third kappa shape index (κ3) is 6.75. The lowest BCUT2D eigenvalue weighted by Crippen LogP contribution is -2.49. The lowest BCUT2D eigenvalue weighted by Gasteiger charge is -2.27. The molecule has 0 saturated heterocycles. The number of para-hydroxylation sites is 1. The maximum Gasteiger partial charge on any atom is 0.389 e. The van der Waals surface area contributed by atoms with E-state index < -0.39 is 54.7 Å². The van der Waals surface area contributed by atoms with Gasteiger partial charge in [-0.05, 0) is 31.5 Å². The Kier molecular flexibility index (Phi) is 9.16. The van der Waals surface area contributed by atoms with Crippen LogP contribution in [0.5, 0.6) is 5.75 Å². The Morgan fingerprint density at radius 2 is 1.80 bits per heavy atom. The molecule has 2 aromatic heterocycles. The van der Waals surface area contributed by atoms with Gasteiger partial charge in [0.15, 0.2) is 0 Å². The highest BCUT2D eigenvalue weighted by Gasteiger charge is 2.42. The van der Waals surface area contributed by atoms with Crippen molar-refractivity contribution in [3.05, 3.63) is 102 Å². The van der Waals surface area contributed by atoms with Crippen molar-refractivity contribution in [3.63, 3.8) is 0 Å². The third-order valence-corrected chi connectivity index (χ3v) is 7.53. The molecule has 14 heteroatoms. The van der Waals surface area contributed by atoms with Gasteiger partial charge in [0, 0.05) is 23.1 Å². The van der Waals surface area contributed by atoms with Gasteiger partial charge in [-0.15, -0.1) is 0 Å². The highest BCUT2D eigenvalue weighted by atomic mass is 19.4. The number of nitrogens with one attached hydrogen (secondary N) is 1. The van der Waals surface area contributed by atoms with Crippen molar-refractivity contribution in [2.75, 3.05) is 12.0 Å². The number of hydrogen-bond donors (Lipinski definition) is 2. The van der Waals surface area contributed by atoms with E-state index in [-0.39, 0.29) is 17.1 Å². The second-order valence-electron chi connectivity index (χ2n) is 10.5. The number of primary amides is 1. The number of alkyl halides is 3. The molecule has 5 rings (SSSR count). The fraction of sp³-hybridized carbons (Fsp3) is 0.250. The average molecular weight is 635 g/mol. The first-order valence-corrected chi connectivity index (χ1v) is 14.1. The molecule has 238 valence electrons. The van der Waals surface area contributed by atoms with Gasteiger partial charge in [0.2, 0.25) is 18.0 Å². The molecule has 0 aliphatic carbocycles. The number of fused-ring (bicyclic) bond motifs is 1. The largest absolute Gasteiger partial charge is 0.495 e. The molecule has 0 bridgehead atoms. The van der Waals surface area contributed by atoms with Crippen LogP contribution in [0.15, 0.2) is 88.7 Å². The highest BCUT2D eigenvalue weighted by molar-refractivity contribution is 6.21. The van der Waals surface area contributed by atoms with Crippen molar-refractivity contribution in [1.29, 1.82) is 0 Å². The molecule has 3 N–H and O–H groups in total. The normalized spacial score (nSPS) is 16.1. The zero-order valence-corrected chi connectivity index (χ0v) is 24.7. The Morgan fingerprint density at radius 1 is 1.09 bits per heavy atom. The number of aliphatic imine (C=N–C) groups is 1. The number of aromatic nitrogens is 2. The molecular weight excluding hydrogens is 605 g/mol. The van der Waals surface area contributed by atoms with Gasteiger partial charge in [0.25, 0.3) is 5.91 Å². The van der Waals surface area contributed by atoms with Crippen molar-refractivity contribution in [2.24, 2.45) is 16.6 Å².